The quantitative estimate of drug-likeness (QED) is 0.733. The molecule has 1 atom stereocenters. The van der Waals surface area contributed by atoms with Gasteiger partial charge in [-0.1, -0.05) is 24.3 Å². The molecule has 1 N–H and O–H groups in total. The predicted octanol–water partition coefficient (Wildman–Crippen LogP) is 3.17. The number of sulfonamides is 1. The lowest BCUT2D eigenvalue weighted by Crippen LogP contribution is -2.45. The van der Waals surface area contributed by atoms with Gasteiger partial charge in [0.1, 0.15) is 5.82 Å². The van der Waals surface area contributed by atoms with Crippen LogP contribution >= 0.6 is 0 Å². The van der Waals surface area contributed by atoms with Crippen molar-refractivity contribution in [2.24, 2.45) is 0 Å². The molecule has 5 nitrogen and oxygen atoms in total. The zero-order valence-corrected chi connectivity index (χ0v) is 15.8. The monoisotopic (exact) mass is 418 g/mol. The Hall–Kier alpha value is -2.46. The molecule has 0 aliphatic heterocycles. The molecule has 0 saturated carbocycles. The van der Waals surface area contributed by atoms with Crippen LogP contribution in [0.1, 0.15) is 18.1 Å². The average molecular weight is 418 g/mol. The number of nitrogens with zero attached hydrogens (tertiary/aromatic N) is 1. The Morgan fingerprint density at radius 3 is 2.25 bits per heavy atom. The highest BCUT2D eigenvalue weighted by atomic mass is 32.2. The van der Waals surface area contributed by atoms with Crippen molar-refractivity contribution in [1.82, 2.24) is 9.62 Å². The van der Waals surface area contributed by atoms with Crippen LogP contribution in [-0.4, -0.2) is 32.3 Å². The molecular formula is C18H18F4N2O3S. The third kappa shape index (κ3) is 5.29. The fourth-order valence-electron chi connectivity index (χ4n) is 2.55. The lowest BCUT2D eigenvalue weighted by Gasteiger charge is -2.23. The summed E-state index contributed by atoms with van der Waals surface area (Å²) in [5, 5.41) is 0. The first-order valence-electron chi connectivity index (χ1n) is 8.10. The summed E-state index contributed by atoms with van der Waals surface area (Å²) in [6.07, 6.45) is -4.86. The van der Waals surface area contributed by atoms with E-state index in [-0.39, 0.29) is 6.54 Å². The molecular weight excluding hydrogens is 400 g/mol. The Balaban J connectivity index is 2.15. The van der Waals surface area contributed by atoms with Crippen molar-refractivity contribution in [2.75, 3.05) is 7.05 Å². The number of rotatable bonds is 6. The number of carbonyl (C=O) groups excluding carboxylic acids is 1. The highest BCUT2D eigenvalue weighted by Crippen LogP contribution is 2.33. The number of amides is 1. The van der Waals surface area contributed by atoms with Crippen molar-refractivity contribution in [3.05, 3.63) is 65.5 Å². The first-order valence-corrected chi connectivity index (χ1v) is 9.58. The standard InChI is InChI=1S/C18H18F4N2O3S/c1-12(17(25)24(2)11-13-7-9-14(19)10-8-13)23-28(26,27)16-6-4-3-5-15(16)18(20,21)22/h3-10,12,23H,11H2,1-2H3/t12-/m0/s1. The summed E-state index contributed by atoms with van der Waals surface area (Å²) in [4.78, 5) is 12.6. The largest absolute Gasteiger partial charge is 0.417 e. The minimum absolute atomic E-state index is 0.0737. The van der Waals surface area contributed by atoms with E-state index < -0.39 is 44.4 Å². The summed E-state index contributed by atoms with van der Waals surface area (Å²) in [5.74, 6) is -1.10. The number of halogens is 4. The lowest BCUT2D eigenvalue weighted by atomic mass is 10.2. The second-order valence-electron chi connectivity index (χ2n) is 6.16. The SMILES string of the molecule is C[C@H](NS(=O)(=O)c1ccccc1C(F)(F)F)C(=O)N(C)Cc1ccc(F)cc1. The topological polar surface area (TPSA) is 66.5 Å². The van der Waals surface area contributed by atoms with E-state index in [1.54, 1.807) is 0 Å². The molecule has 28 heavy (non-hydrogen) atoms. The molecule has 2 rings (SSSR count). The predicted molar refractivity (Wildman–Crippen MR) is 94.1 cm³/mol. The molecule has 0 fully saturated rings. The van der Waals surface area contributed by atoms with Crippen LogP contribution in [0.25, 0.3) is 0 Å². The van der Waals surface area contributed by atoms with Gasteiger partial charge in [-0.25, -0.2) is 12.8 Å². The van der Waals surface area contributed by atoms with E-state index in [2.05, 4.69) is 0 Å². The maximum absolute atomic E-state index is 13.1. The second kappa shape index (κ2) is 8.27. The van der Waals surface area contributed by atoms with Crippen LogP contribution in [0.5, 0.6) is 0 Å². The van der Waals surface area contributed by atoms with Gasteiger partial charge in [0.25, 0.3) is 0 Å². The number of likely N-dealkylation sites (N-methyl/N-ethyl adjacent to an activating group) is 1. The van der Waals surface area contributed by atoms with Gasteiger partial charge in [-0.2, -0.15) is 17.9 Å². The van der Waals surface area contributed by atoms with E-state index >= 15 is 0 Å². The average Bonchev–Trinajstić information content (AvgIpc) is 2.62. The second-order valence-corrected chi connectivity index (χ2v) is 7.84. The van der Waals surface area contributed by atoms with Crippen LogP contribution in [0, 0.1) is 5.82 Å². The fourth-order valence-corrected chi connectivity index (χ4v) is 3.98. The van der Waals surface area contributed by atoms with Gasteiger partial charge >= 0.3 is 6.18 Å². The Kier molecular flexibility index (Phi) is 6.45. The Morgan fingerprint density at radius 2 is 1.68 bits per heavy atom. The van der Waals surface area contributed by atoms with E-state index in [1.165, 1.54) is 43.1 Å². The molecule has 1 amide bonds. The molecule has 10 heteroatoms. The number of nitrogens with one attached hydrogen (secondary N) is 1. The van der Waals surface area contributed by atoms with Crippen molar-refractivity contribution >= 4 is 15.9 Å². The summed E-state index contributed by atoms with van der Waals surface area (Å²) < 4.78 is 79.0. The third-order valence-corrected chi connectivity index (χ3v) is 5.49. The van der Waals surface area contributed by atoms with Crippen LogP contribution in [0.4, 0.5) is 17.6 Å². The van der Waals surface area contributed by atoms with E-state index in [4.69, 9.17) is 0 Å². The lowest BCUT2D eigenvalue weighted by molar-refractivity contribution is -0.139. The molecule has 0 aliphatic rings. The van der Waals surface area contributed by atoms with Gasteiger partial charge in [-0.05, 0) is 36.8 Å². The van der Waals surface area contributed by atoms with E-state index in [0.29, 0.717) is 11.6 Å². The first kappa shape index (κ1) is 21.8. The van der Waals surface area contributed by atoms with Crippen molar-refractivity contribution < 1.29 is 30.8 Å². The number of alkyl halides is 3. The van der Waals surface area contributed by atoms with Gasteiger partial charge in [0.15, 0.2) is 0 Å². The summed E-state index contributed by atoms with van der Waals surface area (Å²) >= 11 is 0. The first-order chi connectivity index (χ1) is 12.9. The molecule has 0 spiro atoms. The van der Waals surface area contributed by atoms with Gasteiger partial charge in [0.05, 0.1) is 16.5 Å². The Labute approximate surface area is 160 Å². The number of benzene rings is 2. The molecule has 0 bridgehead atoms. The van der Waals surface area contributed by atoms with E-state index in [0.717, 1.165) is 18.2 Å². The van der Waals surface area contributed by atoms with E-state index in [9.17, 15) is 30.8 Å². The Morgan fingerprint density at radius 1 is 1.11 bits per heavy atom. The van der Waals surface area contributed by atoms with Crippen molar-refractivity contribution in [3.63, 3.8) is 0 Å². The summed E-state index contributed by atoms with van der Waals surface area (Å²) in [5.41, 5.74) is -0.712. The van der Waals surface area contributed by atoms with Crippen LogP contribution in [0.2, 0.25) is 0 Å². The molecule has 0 unspecified atom stereocenters. The molecule has 2 aromatic carbocycles. The van der Waals surface area contributed by atoms with Crippen LogP contribution in [0.3, 0.4) is 0 Å². The molecule has 2 aromatic rings. The van der Waals surface area contributed by atoms with Crippen LogP contribution < -0.4 is 4.72 Å². The molecule has 0 heterocycles. The Bertz CT molecular complexity index is 944. The molecule has 0 saturated heterocycles. The van der Waals surface area contributed by atoms with Gasteiger partial charge < -0.3 is 4.90 Å². The fraction of sp³-hybridized carbons (Fsp3) is 0.278. The maximum Gasteiger partial charge on any atom is 0.417 e. The maximum atomic E-state index is 13.1. The van der Waals surface area contributed by atoms with Crippen molar-refractivity contribution in [1.29, 1.82) is 0 Å². The summed E-state index contributed by atoms with van der Waals surface area (Å²) in [6, 6.07) is 7.77. The zero-order chi connectivity index (χ0) is 21.1. The minimum Gasteiger partial charge on any atom is -0.340 e. The number of hydrogen-bond acceptors (Lipinski definition) is 3. The van der Waals surface area contributed by atoms with Gasteiger partial charge in [0, 0.05) is 13.6 Å². The smallest absolute Gasteiger partial charge is 0.340 e. The minimum atomic E-state index is -4.86. The molecule has 152 valence electrons. The van der Waals surface area contributed by atoms with Gasteiger partial charge in [-0.15, -0.1) is 0 Å². The highest BCUT2D eigenvalue weighted by molar-refractivity contribution is 7.89. The third-order valence-electron chi connectivity index (χ3n) is 3.89. The summed E-state index contributed by atoms with van der Waals surface area (Å²) in [6.45, 7) is 1.31. The summed E-state index contributed by atoms with van der Waals surface area (Å²) in [7, 11) is -3.19. The van der Waals surface area contributed by atoms with Crippen LogP contribution in [-0.2, 0) is 27.5 Å². The van der Waals surface area contributed by atoms with Gasteiger partial charge in [-0.3, -0.25) is 4.79 Å². The molecule has 0 aromatic heterocycles. The van der Waals surface area contributed by atoms with Crippen molar-refractivity contribution in [3.8, 4) is 0 Å². The molecule has 0 aliphatic carbocycles. The van der Waals surface area contributed by atoms with E-state index in [1.807, 2.05) is 4.72 Å². The highest BCUT2D eigenvalue weighted by Gasteiger charge is 2.37. The number of hydrogen-bond donors (Lipinski definition) is 1. The normalized spacial score (nSPS) is 13.2. The van der Waals surface area contributed by atoms with Crippen LogP contribution in [0.15, 0.2) is 53.4 Å². The number of carbonyl (C=O) groups is 1. The zero-order valence-electron chi connectivity index (χ0n) is 15.0. The van der Waals surface area contributed by atoms with Gasteiger partial charge in [0.2, 0.25) is 15.9 Å². The molecule has 0 radical (unpaired) electrons. The van der Waals surface area contributed by atoms with Crippen molar-refractivity contribution in [2.45, 2.75) is 30.6 Å².